The molecule has 0 atom stereocenters. The SMILES string of the molecule is Cn1nccc1C(=O)N1CCc2ncnc(N3CCOCC3)c2CC1. The number of hydrogen-bond acceptors (Lipinski definition) is 6. The second-order valence-corrected chi connectivity index (χ2v) is 6.35. The quantitative estimate of drug-likeness (QED) is 0.781. The normalized spacial score (nSPS) is 18.0. The maximum absolute atomic E-state index is 12.8. The van der Waals surface area contributed by atoms with Gasteiger partial charge < -0.3 is 14.5 Å². The van der Waals surface area contributed by atoms with E-state index in [0.717, 1.165) is 50.7 Å². The van der Waals surface area contributed by atoms with E-state index in [4.69, 9.17) is 4.74 Å². The van der Waals surface area contributed by atoms with E-state index in [9.17, 15) is 4.79 Å². The molecule has 2 aliphatic heterocycles. The molecule has 2 aliphatic rings. The Kier molecular flexibility index (Phi) is 4.35. The Morgan fingerprint density at radius 3 is 2.68 bits per heavy atom. The van der Waals surface area contributed by atoms with Crippen LogP contribution in [0.4, 0.5) is 5.82 Å². The van der Waals surface area contributed by atoms with Gasteiger partial charge in [-0.2, -0.15) is 5.10 Å². The minimum atomic E-state index is 0.0219. The maximum Gasteiger partial charge on any atom is 0.272 e. The molecule has 0 aliphatic carbocycles. The topological polar surface area (TPSA) is 76.4 Å². The third kappa shape index (κ3) is 3.09. The number of nitrogens with zero attached hydrogens (tertiary/aromatic N) is 6. The van der Waals surface area contributed by atoms with E-state index in [-0.39, 0.29) is 5.91 Å². The summed E-state index contributed by atoms with van der Waals surface area (Å²) in [4.78, 5) is 25.9. The Labute approximate surface area is 146 Å². The molecule has 8 nitrogen and oxygen atoms in total. The predicted octanol–water partition coefficient (Wildman–Crippen LogP) is 0.288. The summed E-state index contributed by atoms with van der Waals surface area (Å²) < 4.78 is 7.07. The third-order valence-corrected chi connectivity index (χ3v) is 4.90. The van der Waals surface area contributed by atoms with E-state index in [0.29, 0.717) is 18.8 Å². The van der Waals surface area contributed by atoms with Crippen LogP contribution >= 0.6 is 0 Å². The van der Waals surface area contributed by atoms with Gasteiger partial charge in [-0.1, -0.05) is 0 Å². The molecule has 0 spiro atoms. The van der Waals surface area contributed by atoms with Gasteiger partial charge in [0.2, 0.25) is 0 Å². The van der Waals surface area contributed by atoms with Gasteiger partial charge in [-0.25, -0.2) is 9.97 Å². The number of rotatable bonds is 2. The minimum absolute atomic E-state index is 0.0219. The second kappa shape index (κ2) is 6.79. The van der Waals surface area contributed by atoms with Gasteiger partial charge in [0.1, 0.15) is 17.8 Å². The van der Waals surface area contributed by atoms with Crippen molar-refractivity contribution < 1.29 is 9.53 Å². The van der Waals surface area contributed by atoms with Gasteiger partial charge >= 0.3 is 0 Å². The number of aryl methyl sites for hydroxylation is 1. The van der Waals surface area contributed by atoms with Crippen LogP contribution in [0.5, 0.6) is 0 Å². The zero-order valence-corrected chi connectivity index (χ0v) is 14.4. The summed E-state index contributed by atoms with van der Waals surface area (Å²) in [6.07, 6.45) is 4.81. The van der Waals surface area contributed by atoms with Crippen molar-refractivity contribution in [3.63, 3.8) is 0 Å². The molecule has 0 N–H and O–H groups in total. The Morgan fingerprint density at radius 1 is 1.12 bits per heavy atom. The number of carbonyl (C=O) groups excluding carboxylic acids is 1. The summed E-state index contributed by atoms with van der Waals surface area (Å²) in [7, 11) is 1.79. The molecule has 0 saturated carbocycles. The van der Waals surface area contributed by atoms with Gasteiger partial charge in [0.25, 0.3) is 5.91 Å². The van der Waals surface area contributed by atoms with Crippen molar-refractivity contribution in [3.8, 4) is 0 Å². The summed E-state index contributed by atoms with van der Waals surface area (Å²) in [5.41, 5.74) is 2.84. The average molecular weight is 342 g/mol. The minimum Gasteiger partial charge on any atom is -0.378 e. The average Bonchev–Trinajstić information content (AvgIpc) is 2.96. The predicted molar refractivity (Wildman–Crippen MR) is 91.6 cm³/mol. The van der Waals surface area contributed by atoms with Crippen LogP contribution in [0.3, 0.4) is 0 Å². The van der Waals surface area contributed by atoms with Crippen LogP contribution in [-0.2, 0) is 24.6 Å². The van der Waals surface area contributed by atoms with Gasteiger partial charge in [0.05, 0.1) is 18.9 Å². The molecule has 1 saturated heterocycles. The smallest absolute Gasteiger partial charge is 0.272 e. The van der Waals surface area contributed by atoms with E-state index >= 15 is 0 Å². The van der Waals surface area contributed by atoms with E-state index in [1.165, 1.54) is 5.56 Å². The summed E-state index contributed by atoms with van der Waals surface area (Å²) in [6, 6.07) is 1.76. The van der Waals surface area contributed by atoms with E-state index in [1.807, 2.05) is 4.90 Å². The molecule has 132 valence electrons. The van der Waals surface area contributed by atoms with Crippen LogP contribution in [0.1, 0.15) is 21.7 Å². The largest absolute Gasteiger partial charge is 0.378 e. The first kappa shape index (κ1) is 16.0. The number of morpholine rings is 1. The molecule has 0 bridgehead atoms. The summed E-state index contributed by atoms with van der Waals surface area (Å²) in [6.45, 7) is 4.48. The number of amides is 1. The molecule has 0 radical (unpaired) electrons. The first-order chi connectivity index (χ1) is 12.2. The van der Waals surface area contributed by atoms with Crippen molar-refractivity contribution >= 4 is 11.7 Å². The van der Waals surface area contributed by atoms with Gasteiger partial charge in [0, 0.05) is 51.4 Å². The van der Waals surface area contributed by atoms with Crippen LogP contribution < -0.4 is 4.90 Å². The lowest BCUT2D eigenvalue weighted by Gasteiger charge is -2.29. The number of aromatic nitrogens is 4. The fraction of sp³-hybridized carbons (Fsp3) is 0.529. The van der Waals surface area contributed by atoms with E-state index in [1.54, 1.807) is 30.3 Å². The number of carbonyl (C=O) groups is 1. The highest BCUT2D eigenvalue weighted by Crippen LogP contribution is 2.24. The fourth-order valence-corrected chi connectivity index (χ4v) is 3.51. The van der Waals surface area contributed by atoms with Crippen LogP contribution in [0, 0.1) is 0 Å². The fourth-order valence-electron chi connectivity index (χ4n) is 3.51. The molecule has 1 fully saturated rings. The van der Waals surface area contributed by atoms with Crippen molar-refractivity contribution in [3.05, 3.63) is 35.5 Å². The van der Waals surface area contributed by atoms with Crippen LogP contribution in [0.15, 0.2) is 18.6 Å². The first-order valence-electron chi connectivity index (χ1n) is 8.67. The zero-order valence-electron chi connectivity index (χ0n) is 14.4. The standard InChI is InChI=1S/C17H22N6O2/c1-21-15(2-5-20-21)17(24)23-6-3-13-14(4-7-23)18-12-19-16(13)22-8-10-25-11-9-22/h2,5,12H,3-4,6-11H2,1H3. The highest BCUT2D eigenvalue weighted by molar-refractivity contribution is 5.92. The van der Waals surface area contributed by atoms with Gasteiger partial charge in [-0.05, 0) is 12.5 Å². The van der Waals surface area contributed by atoms with E-state index < -0.39 is 0 Å². The van der Waals surface area contributed by atoms with Crippen molar-refractivity contribution in [2.75, 3.05) is 44.3 Å². The molecular weight excluding hydrogens is 320 g/mol. The van der Waals surface area contributed by atoms with Gasteiger partial charge in [-0.15, -0.1) is 0 Å². The molecule has 4 rings (SSSR count). The summed E-state index contributed by atoms with van der Waals surface area (Å²) in [5.74, 6) is 1.02. The van der Waals surface area contributed by atoms with Crippen molar-refractivity contribution in [1.29, 1.82) is 0 Å². The van der Waals surface area contributed by atoms with Crippen molar-refractivity contribution in [2.24, 2.45) is 7.05 Å². The van der Waals surface area contributed by atoms with Gasteiger partial charge in [-0.3, -0.25) is 9.48 Å². The first-order valence-corrected chi connectivity index (χ1v) is 8.67. The third-order valence-electron chi connectivity index (χ3n) is 4.90. The molecule has 4 heterocycles. The number of hydrogen-bond donors (Lipinski definition) is 0. The lowest BCUT2D eigenvalue weighted by Crippen LogP contribution is -2.37. The van der Waals surface area contributed by atoms with Crippen LogP contribution in [0.2, 0.25) is 0 Å². The Balaban J connectivity index is 1.55. The van der Waals surface area contributed by atoms with Crippen molar-refractivity contribution in [2.45, 2.75) is 12.8 Å². The lowest BCUT2D eigenvalue weighted by atomic mass is 10.1. The van der Waals surface area contributed by atoms with Crippen molar-refractivity contribution in [1.82, 2.24) is 24.6 Å². The number of fused-ring (bicyclic) bond motifs is 1. The van der Waals surface area contributed by atoms with Crippen LogP contribution in [0.25, 0.3) is 0 Å². The lowest BCUT2D eigenvalue weighted by molar-refractivity contribution is 0.0752. The molecule has 2 aromatic rings. The molecular formula is C17H22N6O2. The molecule has 0 unspecified atom stereocenters. The van der Waals surface area contributed by atoms with Gasteiger partial charge in [0.15, 0.2) is 0 Å². The number of anilines is 1. The number of ether oxygens (including phenoxy) is 1. The van der Waals surface area contributed by atoms with E-state index in [2.05, 4.69) is 20.0 Å². The Bertz CT molecular complexity index is 768. The molecule has 25 heavy (non-hydrogen) atoms. The monoisotopic (exact) mass is 342 g/mol. The second-order valence-electron chi connectivity index (χ2n) is 6.35. The maximum atomic E-state index is 12.8. The zero-order chi connectivity index (χ0) is 17.2. The highest BCUT2D eigenvalue weighted by atomic mass is 16.5. The Hall–Kier alpha value is -2.48. The molecule has 8 heteroatoms. The highest BCUT2D eigenvalue weighted by Gasteiger charge is 2.26. The van der Waals surface area contributed by atoms with Crippen LogP contribution in [-0.4, -0.2) is 69.9 Å². The molecule has 2 aromatic heterocycles. The summed E-state index contributed by atoms with van der Waals surface area (Å²) >= 11 is 0. The molecule has 1 amide bonds. The Morgan fingerprint density at radius 2 is 1.92 bits per heavy atom. The molecule has 0 aromatic carbocycles. The summed E-state index contributed by atoms with van der Waals surface area (Å²) in [5, 5.41) is 4.10.